The van der Waals surface area contributed by atoms with Gasteiger partial charge in [-0.2, -0.15) is 0 Å². The van der Waals surface area contributed by atoms with Crippen LogP contribution in [0.4, 0.5) is 5.69 Å². The first kappa shape index (κ1) is 11.3. The van der Waals surface area contributed by atoms with Gasteiger partial charge in [0.15, 0.2) is 0 Å². The summed E-state index contributed by atoms with van der Waals surface area (Å²) in [5.41, 5.74) is 2.73. The molecule has 0 bridgehead atoms. The number of anilines is 1. The van der Waals surface area contributed by atoms with Crippen molar-refractivity contribution in [1.29, 1.82) is 0 Å². The molecule has 2 rings (SSSR count). The molecule has 0 saturated heterocycles. The fourth-order valence-corrected chi connectivity index (χ4v) is 1.60. The van der Waals surface area contributed by atoms with Crippen molar-refractivity contribution in [1.82, 2.24) is 4.98 Å². The molecule has 3 heteroatoms. The summed E-state index contributed by atoms with van der Waals surface area (Å²) < 4.78 is 0. The van der Waals surface area contributed by atoms with E-state index in [1.807, 2.05) is 49.4 Å². The van der Waals surface area contributed by atoms with E-state index < -0.39 is 0 Å². The van der Waals surface area contributed by atoms with E-state index in [-0.39, 0.29) is 5.91 Å². The second-order valence-corrected chi connectivity index (χ2v) is 3.92. The Labute approximate surface area is 101 Å². The van der Waals surface area contributed by atoms with E-state index in [9.17, 15) is 4.79 Å². The molecule has 86 valence electrons. The third kappa shape index (κ3) is 3.41. The number of rotatable bonds is 3. The van der Waals surface area contributed by atoms with Crippen molar-refractivity contribution in [2.24, 2.45) is 0 Å². The highest BCUT2D eigenvalue weighted by Gasteiger charge is 2.04. The second kappa shape index (κ2) is 5.25. The molecule has 1 N–H and O–H groups in total. The zero-order valence-electron chi connectivity index (χ0n) is 9.68. The predicted octanol–water partition coefficient (Wildman–Crippen LogP) is 2.57. The van der Waals surface area contributed by atoms with Gasteiger partial charge in [0.25, 0.3) is 0 Å². The van der Waals surface area contributed by atoms with Crippen molar-refractivity contribution in [2.45, 2.75) is 13.3 Å². The summed E-state index contributed by atoms with van der Waals surface area (Å²) in [4.78, 5) is 15.9. The Bertz CT molecular complexity index is 509. The van der Waals surface area contributed by atoms with Gasteiger partial charge in [-0.3, -0.25) is 9.78 Å². The maximum Gasteiger partial charge on any atom is 0.230 e. The van der Waals surface area contributed by atoms with Crippen LogP contribution in [0.5, 0.6) is 0 Å². The van der Waals surface area contributed by atoms with Gasteiger partial charge < -0.3 is 5.32 Å². The minimum Gasteiger partial charge on any atom is -0.326 e. The maximum atomic E-state index is 11.7. The topological polar surface area (TPSA) is 42.0 Å². The zero-order valence-corrected chi connectivity index (χ0v) is 9.68. The highest BCUT2D eigenvalue weighted by molar-refractivity contribution is 5.92. The van der Waals surface area contributed by atoms with Crippen LogP contribution in [0.1, 0.15) is 11.3 Å². The minimum absolute atomic E-state index is 0.0469. The Kier molecular flexibility index (Phi) is 3.50. The fourth-order valence-electron chi connectivity index (χ4n) is 1.60. The van der Waals surface area contributed by atoms with E-state index >= 15 is 0 Å². The number of nitrogens with one attached hydrogen (secondary N) is 1. The normalized spacial score (nSPS) is 9.94. The van der Waals surface area contributed by atoms with Crippen LogP contribution in [0.3, 0.4) is 0 Å². The summed E-state index contributed by atoms with van der Waals surface area (Å²) >= 11 is 0. The first-order valence-corrected chi connectivity index (χ1v) is 5.50. The number of amides is 1. The molecule has 0 spiro atoms. The number of aromatic nitrogens is 1. The Morgan fingerprint density at radius 1 is 1.24 bits per heavy atom. The minimum atomic E-state index is -0.0469. The number of benzene rings is 1. The van der Waals surface area contributed by atoms with Crippen molar-refractivity contribution in [3.05, 3.63) is 59.9 Å². The zero-order chi connectivity index (χ0) is 12.1. The van der Waals surface area contributed by atoms with Crippen LogP contribution in [0, 0.1) is 6.92 Å². The van der Waals surface area contributed by atoms with Gasteiger partial charge in [0.2, 0.25) is 5.91 Å². The summed E-state index contributed by atoms with van der Waals surface area (Å²) in [6.45, 7) is 1.99. The molecule has 1 aromatic heterocycles. The van der Waals surface area contributed by atoms with E-state index in [1.54, 1.807) is 6.20 Å². The largest absolute Gasteiger partial charge is 0.326 e. The molecule has 0 atom stereocenters. The Morgan fingerprint density at radius 3 is 2.82 bits per heavy atom. The van der Waals surface area contributed by atoms with E-state index in [2.05, 4.69) is 10.3 Å². The van der Waals surface area contributed by atoms with Gasteiger partial charge in [-0.05, 0) is 36.8 Å². The van der Waals surface area contributed by atoms with Crippen LogP contribution in [-0.4, -0.2) is 10.9 Å². The highest BCUT2D eigenvalue weighted by atomic mass is 16.1. The molecular formula is C14H14N2O. The van der Waals surface area contributed by atoms with Gasteiger partial charge in [-0.1, -0.05) is 18.2 Å². The molecule has 0 radical (unpaired) electrons. The number of aryl methyl sites for hydroxylation is 1. The number of carbonyl (C=O) groups is 1. The molecule has 0 saturated carbocycles. The lowest BCUT2D eigenvalue weighted by atomic mass is 10.2. The van der Waals surface area contributed by atoms with Crippen molar-refractivity contribution in [3.8, 4) is 0 Å². The number of nitrogens with zero attached hydrogens (tertiary/aromatic N) is 1. The average molecular weight is 226 g/mol. The van der Waals surface area contributed by atoms with Gasteiger partial charge in [-0.15, -0.1) is 0 Å². The lowest BCUT2D eigenvalue weighted by molar-refractivity contribution is -0.115. The molecule has 2 aromatic rings. The quantitative estimate of drug-likeness (QED) is 0.874. The third-order valence-corrected chi connectivity index (χ3v) is 2.37. The third-order valence-electron chi connectivity index (χ3n) is 2.37. The molecule has 0 aliphatic heterocycles. The van der Waals surface area contributed by atoms with Crippen molar-refractivity contribution in [2.75, 3.05) is 5.32 Å². The van der Waals surface area contributed by atoms with Gasteiger partial charge in [0, 0.05) is 17.6 Å². The second-order valence-electron chi connectivity index (χ2n) is 3.92. The van der Waals surface area contributed by atoms with Crippen LogP contribution in [-0.2, 0) is 11.2 Å². The molecule has 3 nitrogen and oxygen atoms in total. The van der Waals surface area contributed by atoms with Gasteiger partial charge in [0.05, 0.1) is 6.42 Å². The Morgan fingerprint density at radius 2 is 2.12 bits per heavy atom. The highest BCUT2D eigenvalue weighted by Crippen LogP contribution is 2.09. The SMILES string of the molecule is Cc1cccc(NC(=O)Cc2ccccn2)c1. The summed E-state index contributed by atoms with van der Waals surface area (Å²) in [7, 11) is 0. The molecule has 0 aliphatic carbocycles. The molecule has 1 aromatic carbocycles. The van der Waals surface area contributed by atoms with Crippen LogP contribution in [0.25, 0.3) is 0 Å². The number of hydrogen-bond donors (Lipinski definition) is 1. The van der Waals surface area contributed by atoms with Crippen LogP contribution in [0.2, 0.25) is 0 Å². The lowest BCUT2D eigenvalue weighted by Crippen LogP contribution is -2.15. The van der Waals surface area contributed by atoms with E-state index in [1.165, 1.54) is 0 Å². The maximum absolute atomic E-state index is 11.7. The molecule has 0 fully saturated rings. The van der Waals surface area contributed by atoms with E-state index in [0.717, 1.165) is 16.9 Å². The van der Waals surface area contributed by atoms with Gasteiger partial charge >= 0.3 is 0 Å². The predicted molar refractivity (Wildman–Crippen MR) is 67.7 cm³/mol. The van der Waals surface area contributed by atoms with Crippen LogP contribution < -0.4 is 5.32 Å². The molecule has 0 aliphatic rings. The number of pyridine rings is 1. The van der Waals surface area contributed by atoms with E-state index in [4.69, 9.17) is 0 Å². The lowest BCUT2D eigenvalue weighted by Gasteiger charge is -2.05. The summed E-state index contributed by atoms with van der Waals surface area (Å²) in [5.74, 6) is -0.0469. The first-order chi connectivity index (χ1) is 8.24. The molecule has 0 unspecified atom stereocenters. The van der Waals surface area contributed by atoms with Crippen molar-refractivity contribution < 1.29 is 4.79 Å². The van der Waals surface area contributed by atoms with Crippen molar-refractivity contribution >= 4 is 11.6 Å². The monoisotopic (exact) mass is 226 g/mol. The van der Waals surface area contributed by atoms with Crippen LogP contribution >= 0.6 is 0 Å². The van der Waals surface area contributed by atoms with Crippen LogP contribution in [0.15, 0.2) is 48.7 Å². The summed E-state index contributed by atoms with van der Waals surface area (Å²) in [6, 6.07) is 13.3. The summed E-state index contributed by atoms with van der Waals surface area (Å²) in [5, 5.41) is 2.85. The molecule has 1 heterocycles. The Balaban J connectivity index is 1.98. The standard InChI is InChI=1S/C14H14N2O/c1-11-5-4-7-13(9-11)16-14(17)10-12-6-2-3-8-15-12/h2-9H,10H2,1H3,(H,16,17). The van der Waals surface area contributed by atoms with E-state index in [0.29, 0.717) is 6.42 Å². The van der Waals surface area contributed by atoms with Gasteiger partial charge in [-0.25, -0.2) is 0 Å². The fraction of sp³-hybridized carbons (Fsp3) is 0.143. The molecule has 17 heavy (non-hydrogen) atoms. The number of hydrogen-bond acceptors (Lipinski definition) is 2. The molecular weight excluding hydrogens is 212 g/mol. The smallest absolute Gasteiger partial charge is 0.230 e. The van der Waals surface area contributed by atoms with Crippen molar-refractivity contribution in [3.63, 3.8) is 0 Å². The summed E-state index contributed by atoms with van der Waals surface area (Å²) in [6.07, 6.45) is 1.99. The Hall–Kier alpha value is -2.16. The molecule has 1 amide bonds. The first-order valence-electron chi connectivity index (χ1n) is 5.50. The number of carbonyl (C=O) groups excluding carboxylic acids is 1. The average Bonchev–Trinajstić information content (AvgIpc) is 2.30. The van der Waals surface area contributed by atoms with Gasteiger partial charge in [0.1, 0.15) is 0 Å².